The Morgan fingerprint density at radius 2 is 2.24 bits per heavy atom. The van der Waals surface area contributed by atoms with Gasteiger partial charge in [0.25, 0.3) is 5.91 Å². The summed E-state index contributed by atoms with van der Waals surface area (Å²) < 4.78 is 11.0. The molecular weight excluding hydrogens is 268 g/mol. The van der Waals surface area contributed by atoms with Crippen LogP contribution in [0.3, 0.4) is 0 Å². The van der Waals surface area contributed by atoms with Gasteiger partial charge in [0.2, 0.25) is 5.88 Å². The van der Waals surface area contributed by atoms with E-state index in [9.17, 15) is 4.79 Å². The van der Waals surface area contributed by atoms with Crippen LogP contribution in [-0.4, -0.2) is 30.2 Å². The normalized spacial score (nSPS) is 17.1. The van der Waals surface area contributed by atoms with Crippen molar-refractivity contribution in [1.82, 2.24) is 4.98 Å². The summed E-state index contributed by atoms with van der Waals surface area (Å²) in [5.41, 5.74) is 0.822. The summed E-state index contributed by atoms with van der Waals surface area (Å²) in [4.78, 5) is 16.7. The number of carbonyl (C=O) groups is 1. The molecule has 0 aromatic carbocycles. The van der Waals surface area contributed by atoms with Crippen molar-refractivity contribution < 1.29 is 14.3 Å². The second-order valence-corrected chi connectivity index (χ2v) is 5.73. The number of anilines is 1. The van der Waals surface area contributed by atoms with Gasteiger partial charge in [-0.25, -0.2) is 4.98 Å². The molecule has 116 valence electrons. The zero-order valence-corrected chi connectivity index (χ0v) is 13.2. The van der Waals surface area contributed by atoms with Crippen LogP contribution in [0.1, 0.15) is 38.7 Å². The van der Waals surface area contributed by atoms with Crippen molar-refractivity contribution in [2.75, 3.05) is 19.0 Å². The third-order valence-corrected chi connectivity index (χ3v) is 3.96. The number of methoxy groups -OCH3 is 1. The summed E-state index contributed by atoms with van der Waals surface area (Å²) in [5, 5.41) is 2.90. The van der Waals surface area contributed by atoms with Gasteiger partial charge in [0.05, 0.1) is 18.5 Å². The summed E-state index contributed by atoms with van der Waals surface area (Å²) in [6.07, 6.45) is 4.64. The first-order chi connectivity index (χ1) is 10.0. The number of aryl methyl sites for hydroxylation is 1. The topological polar surface area (TPSA) is 60.5 Å². The van der Waals surface area contributed by atoms with Crippen molar-refractivity contribution in [3.05, 3.63) is 17.8 Å². The fraction of sp³-hybridized carbons (Fsp3) is 0.625. The van der Waals surface area contributed by atoms with Crippen molar-refractivity contribution in [1.29, 1.82) is 0 Å². The van der Waals surface area contributed by atoms with Crippen LogP contribution in [0.15, 0.2) is 12.3 Å². The third-order valence-electron chi connectivity index (χ3n) is 3.96. The van der Waals surface area contributed by atoms with Gasteiger partial charge in [-0.3, -0.25) is 4.79 Å². The van der Waals surface area contributed by atoms with Crippen molar-refractivity contribution in [3.8, 4) is 5.88 Å². The van der Waals surface area contributed by atoms with Crippen LogP contribution in [0, 0.1) is 12.8 Å². The van der Waals surface area contributed by atoms with E-state index in [4.69, 9.17) is 9.47 Å². The first-order valence-corrected chi connectivity index (χ1v) is 7.47. The van der Waals surface area contributed by atoms with E-state index in [0.29, 0.717) is 24.1 Å². The number of hydrogen-bond acceptors (Lipinski definition) is 4. The third kappa shape index (κ3) is 3.53. The van der Waals surface area contributed by atoms with Crippen molar-refractivity contribution in [2.45, 2.75) is 45.6 Å². The monoisotopic (exact) mass is 292 g/mol. The summed E-state index contributed by atoms with van der Waals surface area (Å²) >= 11 is 0. The van der Waals surface area contributed by atoms with Gasteiger partial charge < -0.3 is 14.8 Å². The maximum absolute atomic E-state index is 12.4. The lowest BCUT2D eigenvalue weighted by molar-refractivity contribution is -0.138. The minimum atomic E-state index is -0.759. The Bertz CT molecular complexity index is 514. The number of amides is 1. The molecule has 1 aliphatic rings. The minimum Gasteiger partial charge on any atom is -0.477 e. The largest absolute Gasteiger partial charge is 0.477 e. The summed E-state index contributed by atoms with van der Waals surface area (Å²) in [5.74, 6) is 0.811. The van der Waals surface area contributed by atoms with Gasteiger partial charge in [0.15, 0.2) is 0 Å². The highest BCUT2D eigenvalue weighted by Gasteiger charge is 2.47. The molecule has 1 aromatic rings. The number of aromatic nitrogens is 1. The van der Waals surface area contributed by atoms with Crippen molar-refractivity contribution >= 4 is 11.6 Å². The summed E-state index contributed by atoms with van der Waals surface area (Å²) in [7, 11) is 1.59. The van der Waals surface area contributed by atoms with Gasteiger partial charge >= 0.3 is 0 Å². The Morgan fingerprint density at radius 1 is 1.52 bits per heavy atom. The zero-order valence-electron chi connectivity index (χ0n) is 13.2. The van der Waals surface area contributed by atoms with E-state index >= 15 is 0 Å². The van der Waals surface area contributed by atoms with Crippen LogP contribution in [-0.2, 0) is 9.53 Å². The van der Waals surface area contributed by atoms with Crippen LogP contribution in [0.25, 0.3) is 0 Å². The van der Waals surface area contributed by atoms with Gasteiger partial charge in [0, 0.05) is 12.7 Å². The summed E-state index contributed by atoms with van der Waals surface area (Å²) in [6, 6.07) is 1.87. The molecule has 1 saturated carbocycles. The summed E-state index contributed by atoms with van der Waals surface area (Å²) in [6.45, 7) is 6.46. The lowest BCUT2D eigenvalue weighted by Crippen LogP contribution is -2.44. The van der Waals surface area contributed by atoms with Crippen molar-refractivity contribution in [2.24, 2.45) is 5.92 Å². The minimum absolute atomic E-state index is 0.115. The van der Waals surface area contributed by atoms with Crippen LogP contribution in [0.2, 0.25) is 0 Å². The number of nitrogens with zero attached hydrogens (tertiary/aromatic N) is 1. The molecule has 5 nitrogen and oxygen atoms in total. The van der Waals surface area contributed by atoms with Crippen molar-refractivity contribution in [3.63, 3.8) is 0 Å². The van der Waals surface area contributed by atoms with Crippen LogP contribution >= 0.6 is 0 Å². The molecule has 0 bridgehead atoms. The zero-order chi connectivity index (χ0) is 15.5. The fourth-order valence-corrected chi connectivity index (χ4v) is 2.31. The molecule has 2 rings (SSSR count). The Balaban J connectivity index is 2.05. The molecule has 1 heterocycles. The number of ether oxygens (including phenoxy) is 2. The Kier molecular flexibility index (Phi) is 4.83. The number of carbonyl (C=O) groups excluding carboxylic acids is 1. The molecule has 1 N–H and O–H groups in total. The maximum Gasteiger partial charge on any atom is 0.256 e. The van der Waals surface area contributed by atoms with E-state index in [1.165, 1.54) is 0 Å². The van der Waals surface area contributed by atoms with Crippen LogP contribution in [0.4, 0.5) is 5.69 Å². The smallest absolute Gasteiger partial charge is 0.256 e. The van der Waals surface area contributed by atoms with Crippen LogP contribution in [0.5, 0.6) is 5.88 Å². The molecule has 0 aliphatic heterocycles. The molecule has 1 fully saturated rings. The fourth-order valence-electron chi connectivity index (χ4n) is 2.31. The van der Waals surface area contributed by atoms with Gasteiger partial charge in [-0.05, 0) is 45.1 Å². The predicted octanol–water partition coefficient (Wildman–Crippen LogP) is 2.93. The number of rotatable bonds is 7. The second kappa shape index (κ2) is 6.43. The number of nitrogens with one attached hydrogen (secondary N) is 1. The van der Waals surface area contributed by atoms with E-state index in [1.807, 2.05) is 26.8 Å². The molecular formula is C16H24N2O3. The highest BCUT2D eigenvalue weighted by atomic mass is 16.5. The van der Waals surface area contributed by atoms with Crippen LogP contribution < -0.4 is 10.1 Å². The highest BCUT2D eigenvalue weighted by molar-refractivity contribution is 5.97. The lowest BCUT2D eigenvalue weighted by Gasteiger charge is -2.26. The van der Waals surface area contributed by atoms with Gasteiger partial charge in [-0.1, -0.05) is 6.92 Å². The van der Waals surface area contributed by atoms with Gasteiger partial charge in [0.1, 0.15) is 5.60 Å². The first kappa shape index (κ1) is 15.8. The molecule has 5 heteroatoms. The molecule has 1 aromatic heterocycles. The standard InChI is InChI=1S/C16H24N2O3/c1-5-8-21-14-11(2)9-13(10-17-14)18-15(19)16(3,20-4)12-6-7-12/h9-10,12H,5-8H2,1-4H3,(H,18,19)/t16-/m0/s1. The molecule has 0 radical (unpaired) electrons. The molecule has 0 saturated heterocycles. The molecule has 1 atom stereocenters. The molecule has 1 amide bonds. The van der Waals surface area contributed by atoms with E-state index in [0.717, 1.165) is 24.8 Å². The van der Waals surface area contributed by atoms with E-state index < -0.39 is 5.60 Å². The van der Waals surface area contributed by atoms with Gasteiger partial charge in [-0.2, -0.15) is 0 Å². The second-order valence-electron chi connectivity index (χ2n) is 5.73. The van der Waals surface area contributed by atoms with E-state index in [1.54, 1.807) is 13.3 Å². The first-order valence-electron chi connectivity index (χ1n) is 7.47. The average molecular weight is 292 g/mol. The average Bonchev–Trinajstić information content (AvgIpc) is 3.30. The SMILES string of the molecule is CCCOc1ncc(NC(=O)[C@@](C)(OC)C2CC2)cc1C. The molecule has 21 heavy (non-hydrogen) atoms. The molecule has 0 spiro atoms. The lowest BCUT2D eigenvalue weighted by atomic mass is 9.99. The molecule has 0 unspecified atom stereocenters. The highest BCUT2D eigenvalue weighted by Crippen LogP contribution is 2.42. The van der Waals surface area contributed by atoms with E-state index in [2.05, 4.69) is 10.3 Å². The Morgan fingerprint density at radius 3 is 2.76 bits per heavy atom. The Hall–Kier alpha value is -1.62. The Labute approximate surface area is 126 Å². The quantitative estimate of drug-likeness (QED) is 0.839. The predicted molar refractivity (Wildman–Crippen MR) is 81.5 cm³/mol. The number of pyridine rings is 1. The maximum atomic E-state index is 12.4. The van der Waals surface area contributed by atoms with Gasteiger partial charge in [-0.15, -0.1) is 0 Å². The van der Waals surface area contributed by atoms with E-state index in [-0.39, 0.29) is 5.91 Å². The molecule has 1 aliphatic carbocycles. The number of hydrogen-bond donors (Lipinski definition) is 1.